The van der Waals surface area contributed by atoms with Crippen LogP contribution in [0.15, 0.2) is 47.4 Å². The van der Waals surface area contributed by atoms with Crippen LogP contribution < -0.4 is 4.74 Å². The van der Waals surface area contributed by atoms with Gasteiger partial charge in [-0.15, -0.1) is 0 Å². The lowest BCUT2D eigenvalue weighted by atomic mass is 9.98. The smallest absolute Gasteiger partial charge is 0.246 e. The highest BCUT2D eigenvalue weighted by molar-refractivity contribution is 7.89. The van der Waals surface area contributed by atoms with Crippen molar-refractivity contribution in [3.05, 3.63) is 59.7 Å². The summed E-state index contributed by atoms with van der Waals surface area (Å²) in [6.07, 6.45) is 1.01. The molecule has 1 fully saturated rings. The number of benzene rings is 2. The van der Waals surface area contributed by atoms with E-state index in [4.69, 9.17) is 4.74 Å². The van der Waals surface area contributed by atoms with Crippen LogP contribution in [0, 0.1) is 17.6 Å². The van der Waals surface area contributed by atoms with Crippen molar-refractivity contribution in [3.63, 3.8) is 0 Å². The molecule has 9 heteroatoms. The topological polar surface area (TPSA) is 66.9 Å². The second kappa shape index (κ2) is 9.09. The highest BCUT2D eigenvalue weighted by Gasteiger charge is 2.36. The number of nitrogens with zero attached hydrogens (tertiary/aromatic N) is 2. The molecule has 6 nitrogen and oxygen atoms in total. The van der Waals surface area contributed by atoms with E-state index in [9.17, 15) is 22.0 Å². The highest BCUT2D eigenvalue weighted by Crippen LogP contribution is 2.31. The van der Waals surface area contributed by atoms with Crippen LogP contribution in [0.2, 0.25) is 0 Å². The molecule has 0 bridgehead atoms. The van der Waals surface area contributed by atoms with E-state index in [2.05, 4.69) is 0 Å². The minimum Gasteiger partial charge on any atom is -0.495 e. The average molecular weight is 438 g/mol. The van der Waals surface area contributed by atoms with Crippen molar-refractivity contribution in [1.29, 1.82) is 0 Å². The predicted molar refractivity (Wildman–Crippen MR) is 107 cm³/mol. The van der Waals surface area contributed by atoms with Crippen molar-refractivity contribution in [2.45, 2.75) is 24.3 Å². The Labute approximate surface area is 175 Å². The molecule has 1 atom stereocenters. The van der Waals surface area contributed by atoms with Gasteiger partial charge in [0.1, 0.15) is 22.3 Å². The first-order chi connectivity index (χ1) is 14.2. The first kappa shape index (κ1) is 22.2. The second-order valence-corrected chi connectivity index (χ2v) is 9.19. The van der Waals surface area contributed by atoms with Crippen LogP contribution >= 0.6 is 0 Å². The Morgan fingerprint density at radius 3 is 2.67 bits per heavy atom. The standard InChI is InChI=1S/C21H24F2N2O4S/c1-24(13-15-6-3-4-8-18(15)23)21(26)16-7-5-11-25(14-16)30(27,28)20-12-17(22)9-10-19(20)29-2/h3-4,6,8-10,12,16H,5,7,11,13-14H2,1-2H3/t16-/m1/s1. The van der Waals surface area contributed by atoms with Gasteiger partial charge >= 0.3 is 0 Å². The molecule has 0 spiro atoms. The monoisotopic (exact) mass is 438 g/mol. The molecular weight excluding hydrogens is 414 g/mol. The van der Waals surface area contributed by atoms with E-state index in [0.717, 1.165) is 12.1 Å². The Morgan fingerprint density at radius 1 is 1.23 bits per heavy atom. The van der Waals surface area contributed by atoms with Crippen molar-refractivity contribution in [3.8, 4) is 5.75 Å². The maximum atomic E-state index is 13.9. The molecule has 30 heavy (non-hydrogen) atoms. The van der Waals surface area contributed by atoms with Gasteiger partial charge in [0.15, 0.2) is 0 Å². The van der Waals surface area contributed by atoms with Gasteiger partial charge < -0.3 is 9.64 Å². The predicted octanol–water partition coefficient (Wildman–Crippen LogP) is 3.03. The number of halogens is 2. The quantitative estimate of drug-likeness (QED) is 0.695. The summed E-state index contributed by atoms with van der Waals surface area (Å²) in [5.74, 6) is -1.87. The van der Waals surface area contributed by atoms with Gasteiger partial charge in [0.05, 0.1) is 13.0 Å². The van der Waals surface area contributed by atoms with Crippen LogP contribution in [0.25, 0.3) is 0 Å². The van der Waals surface area contributed by atoms with Crippen LogP contribution in [0.4, 0.5) is 8.78 Å². The lowest BCUT2D eigenvalue weighted by Gasteiger charge is -2.33. The Balaban J connectivity index is 1.77. The van der Waals surface area contributed by atoms with Crippen LogP contribution in [0.3, 0.4) is 0 Å². The molecule has 1 saturated heterocycles. The zero-order chi connectivity index (χ0) is 21.9. The zero-order valence-electron chi connectivity index (χ0n) is 16.8. The molecule has 0 aliphatic carbocycles. The van der Waals surface area contributed by atoms with E-state index in [-0.39, 0.29) is 36.2 Å². The van der Waals surface area contributed by atoms with Gasteiger partial charge in [0.25, 0.3) is 0 Å². The summed E-state index contributed by atoms with van der Waals surface area (Å²) < 4.78 is 60.1. The molecule has 0 saturated carbocycles. The molecular formula is C21H24F2N2O4S. The minimum absolute atomic E-state index is 0.0254. The fourth-order valence-corrected chi connectivity index (χ4v) is 5.32. The Kier molecular flexibility index (Phi) is 6.72. The van der Waals surface area contributed by atoms with Crippen molar-refractivity contribution in [2.24, 2.45) is 5.92 Å². The van der Waals surface area contributed by atoms with E-state index >= 15 is 0 Å². The van der Waals surface area contributed by atoms with Crippen LogP contribution in [0.1, 0.15) is 18.4 Å². The van der Waals surface area contributed by atoms with E-state index in [0.29, 0.717) is 18.4 Å². The molecule has 1 aliphatic heterocycles. The number of rotatable bonds is 6. The summed E-state index contributed by atoms with van der Waals surface area (Å²) >= 11 is 0. The number of piperidine rings is 1. The largest absolute Gasteiger partial charge is 0.495 e. The maximum absolute atomic E-state index is 13.9. The Hall–Kier alpha value is -2.52. The first-order valence-electron chi connectivity index (χ1n) is 9.56. The van der Waals surface area contributed by atoms with Crippen LogP contribution in [-0.4, -0.2) is 50.8 Å². The van der Waals surface area contributed by atoms with Crippen molar-refractivity contribution >= 4 is 15.9 Å². The van der Waals surface area contributed by atoms with E-state index in [1.165, 1.54) is 28.4 Å². The lowest BCUT2D eigenvalue weighted by molar-refractivity contribution is -0.135. The van der Waals surface area contributed by atoms with Crippen molar-refractivity contribution in [2.75, 3.05) is 27.2 Å². The number of hydrogen-bond donors (Lipinski definition) is 0. The van der Waals surface area contributed by atoms with Gasteiger partial charge in [0, 0.05) is 32.2 Å². The number of ether oxygens (including phenoxy) is 1. The zero-order valence-corrected chi connectivity index (χ0v) is 17.7. The number of amides is 1. The minimum atomic E-state index is -4.05. The number of methoxy groups -OCH3 is 1. The van der Waals surface area contributed by atoms with Crippen LogP contribution in [0.5, 0.6) is 5.75 Å². The van der Waals surface area contributed by atoms with E-state index in [1.807, 2.05) is 0 Å². The molecule has 2 aromatic rings. The fourth-order valence-electron chi connectivity index (χ4n) is 3.63. The summed E-state index contributed by atoms with van der Waals surface area (Å²) in [4.78, 5) is 14.0. The SMILES string of the molecule is COc1ccc(F)cc1S(=O)(=O)N1CCC[C@@H](C(=O)N(C)Cc2ccccc2F)C1. The third kappa shape index (κ3) is 4.62. The number of carbonyl (C=O) groups is 1. The summed E-state index contributed by atoms with van der Waals surface area (Å²) in [6.45, 7) is 0.289. The molecule has 3 rings (SSSR count). The molecule has 1 heterocycles. The molecule has 0 N–H and O–H groups in total. The van der Waals surface area contributed by atoms with Crippen molar-refractivity contribution < 1.29 is 26.7 Å². The molecule has 1 amide bonds. The van der Waals surface area contributed by atoms with Gasteiger partial charge in [-0.05, 0) is 37.1 Å². The van der Waals surface area contributed by atoms with E-state index < -0.39 is 27.6 Å². The summed E-state index contributed by atoms with van der Waals surface area (Å²) in [5.41, 5.74) is 0.387. The summed E-state index contributed by atoms with van der Waals surface area (Å²) in [7, 11) is -1.17. The summed E-state index contributed by atoms with van der Waals surface area (Å²) in [5, 5.41) is 0. The molecule has 2 aromatic carbocycles. The average Bonchev–Trinajstić information content (AvgIpc) is 2.74. The lowest BCUT2D eigenvalue weighted by Crippen LogP contribution is -2.45. The van der Waals surface area contributed by atoms with E-state index in [1.54, 1.807) is 25.2 Å². The third-order valence-electron chi connectivity index (χ3n) is 5.22. The van der Waals surface area contributed by atoms with Gasteiger partial charge in [-0.3, -0.25) is 4.79 Å². The molecule has 0 unspecified atom stereocenters. The highest BCUT2D eigenvalue weighted by atomic mass is 32.2. The number of carbonyl (C=O) groups excluding carboxylic acids is 1. The first-order valence-corrected chi connectivity index (χ1v) is 11.0. The normalized spacial score (nSPS) is 17.5. The Morgan fingerprint density at radius 2 is 1.97 bits per heavy atom. The van der Waals surface area contributed by atoms with Gasteiger partial charge in [-0.25, -0.2) is 17.2 Å². The number of hydrogen-bond acceptors (Lipinski definition) is 4. The summed E-state index contributed by atoms with van der Waals surface area (Å²) in [6, 6.07) is 9.50. The molecule has 0 aromatic heterocycles. The Bertz CT molecular complexity index is 1030. The number of sulfonamides is 1. The van der Waals surface area contributed by atoms with Gasteiger partial charge in [0.2, 0.25) is 15.9 Å². The third-order valence-corrected chi connectivity index (χ3v) is 7.10. The van der Waals surface area contributed by atoms with Crippen molar-refractivity contribution in [1.82, 2.24) is 9.21 Å². The maximum Gasteiger partial charge on any atom is 0.246 e. The molecule has 162 valence electrons. The van der Waals surface area contributed by atoms with Crippen LogP contribution in [-0.2, 0) is 21.4 Å². The molecule has 0 radical (unpaired) electrons. The fraction of sp³-hybridized carbons (Fsp3) is 0.381. The second-order valence-electron chi connectivity index (χ2n) is 7.28. The molecule has 1 aliphatic rings. The van der Waals surface area contributed by atoms with Gasteiger partial charge in [-0.1, -0.05) is 18.2 Å². The van der Waals surface area contributed by atoms with Gasteiger partial charge in [-0.2, -0.15) is 4.31 Å².